The number of carboxylic acid groups (broad SMARTS) is 1. The fourth-order valence-electron chi connectivity index (χ4n) is 3.70. The molecular formula is C28H25FN2O7S. The fourth-order valence-corrected chi connectivity index (χ4v) is 4.75. The number of carbonyl (C=O) groups is 3. The molecular weight excluding hydrogens is 527 g/mol. The quantitative estimate of drug-likeness (QED) is 0.283. The number of nitrogens with zero attached hydrogens (tertiary/aromatic N) is 2. The topological polar surface area (TPSA) is 124 Å². The van der Waals surface area contributed by atoms with Crippen LogP contribution in [0.2, 0.25) is 0 Å². The molecule has 1 atom stereocenters. The van der Waals surface area contributed by atoms with Crippen molar-refractivity contribution in [3.8, 4) is 5.75 Å². The van der Waals surface area contributed by atoms with E-state index >= 15 is 0 Å². The molecule has 1 aliphatic rings. The summed E-state index contributed by atoms with van der Waals surface area (Å²) < 4.78 is 25.5. The highest BCUT2D eigenvalue weighted by atomic mass is 32.1. The van der Waals surface area contributed by atoms with Gasteiger partial charge in [-0.3, -0.25) is 19.0 Å². The van der Waals surface area contributed by atoms with E-state index in [2.05, 4.69) is 11.6 Å². The van der Waals surface area contributed by atoms with Crippen molar-refractivity contribution >= 4 is 35.3 Å². The second-order valence-corrected chi connectivity index (χ2v) is 9.21. The number of ether oxygens (including phenoxy) is 2. The van der Waals surface area contributed by atoms with Crippen molar-refractivity contribution in [1.29, 1.82) is 0 Å². The maximum atomic E-state index is 13.5. The van der Waals surface area contributed by atoms with Gasteiger partial charge in [-0.15, -0.1) is 0 Å². The molecule has 0 saturated carbocycles. The van der Waals surface area contributed by atoms with Crippen molar-refractivity contribution in [1.82, 2.24) is 4.57 Å². The van der Waals surface area contributed by atoms with E-state index in [0.717, 1.165) is 6.92 Å². The van der Waals surface area contributed by atoms with Crippen molar-refractivity contribution in [2.24, 2.45) is 4.99 Å². The highest BCUT2D eigenvalue weighted by Gasteiger charge is 2.33. The SMILES string of the molecule is C=CCOC(=O)C1=C(C)N=c2s/c(=C/c3ccc(F)cc3)c(=O)n2C1c1ccc(OC(C)=O)cc1.CC(=O)O. The van der Waals surface area contributed by atoms with Gasteiger partial charge in [0.25, 0.3) is 11.5 Å². The molecule has 2 aromatic carbocycles. The van der Waals surface area contributed by atoms with Gasteiger partial charge in [-0.25, -0.2) is 14.2 Å². The molecule has 39 heavy (non-hydrogen) atoms. The number of allylic oxidation sites excluding steroid dienone is 1. The second-order valence-electron chi connectivity index (χ2n) is 8.20. The van der Waals surface area contributed by atoms with Crippen LogP contribution in [0.25, 0.3) is 6.08 Å². The monoisotopic (exact) mass is 552 g/mol. The third-order valence-electron chi connectivity index (χ3n) is 5.20. The minimum absolute atomic E-state index is 0.00269. The predicted octanol–water partition coefficient (Wildman–Crippen LogP) is 3.12. The lowest BCUT2D eigenvalue weighted by molar-refractivity contribution is -0.138. The molecule has 0 fully saturated rings. The Bertz CT molecular complexity index is 1610. The highest BCUT2D eigenvalue weighted by Crippen LogP contribution is 2.31. The molecule has 4 rings (SSSR count). The van der Waals surface area contributed by atoms with Gasteiger partial charge in [0.15, 0.2) is 4.80 Å². The van der Waals surface area contributed by atoms with Gasteiger partial charge in [0, 0.05) is 13.8 Å². The first-order chi connectivity index (χ1) is 18.5. The van der Waals surface area contributed by atoms with E-state index in [-0.39, 0.29) is 23.6 Å². The molecule has 11 heteroatoms. The Kier molecular flexibility index (Phi) is 9.45. The number of benzene rings is 2. The average molecular weight is 553 g/mol. The average Bonchev–Trinajstić information content (AvgIpc) is 3.17. The van der Waals surface area contributed by atoms with Crippen LogP contribution in [0.3, 0.4) is 0 Å². The molecule has 0 amide bonds. The van der Waals surface area contributed by atoms with Gasteiger partial charge in [0.1, 0.15) is 18.2 Å². The molecule has 202 valence electrons. The smallest absolute Gasteiger partial charge is 0.338 e. The number of hydrogen-bond donors (Lipinski definition) is 1. The summed E-state index contributed by atoms with van der Waals surface area (Å²) in [4.78, 5) is 51.7. The Morgan fingerprint density at radius 2 is 1.74 bits per heavy atom. The predicted molar refractivity (Wildman–Crippen MR) is 142 cm³/mol. The molecule has 0 radical (unpaired) electrons. The molecule has 0 saturated heterocycles. The minimum atomic E-state index is -0.833. The Morgan fingerprint density at radius 3 is 2.31 bits per heavy atom. The maximum absolute atomic E-state index is 13.5. The van der Waals surface area contributed by atoms with Gasteiger partial charge >= 0.3 is 11.9 Å². The molecule has 0 spiro atoms. The minimum Gasteiger partial charge on any atom is -0.481 e. The summed E-state index contributed by atoms with van der Waals surface area (Å²) in [7, 11) is 0. The van der Waals surface area contributed by atoms with Gasteiger partial charge in [0.05, 0.1) is 21.8 Å². The zero-order chi connectivity index (χ0) is 28.7. The van der Waals surface area contributed by atoms with Crippen molar-refractivity contribution in [3.63, 3.8) is 0 Å². The number of fused-ring (bicyclic) bond motifs is 1. The first-order valence-electron chi connectivity index (χ1n) is 11.6. The highest BCUT2D eigenvalue weighted by molar-refractivity contribution is 7.07. The Labute approximate surface area is 226 Å². The number of carbonyl (C=O) groups excluding carboxylic acids is 2. The van der Waals surface area contributed by atoms with Crippen LogP contribution in [0.15, 0.2) is 82.2 Å². The largest absolute Gasteiger partial charge is 0.481 e. The third kappa shape index (κ3) is 7.23. The molecule has 9 nitrogen and oxygen atoms in total. The first kappa shape index (κ1) is 28.9. The van der Waals surface area contributed by atoms with Gasteiger partial charge in [-0.1, -0.05) is 48.3 Å². The van der Waals surface area contributed by atoms with E-state index in [1.165, 1.54) is 41.0 Å². The molecule has 0 aliphatic carbocycles. The van der Waals surface area contributed by atoms with Crippen LogP contribution in [0, 0.1) is 5.82 Å². The van der Waals surface area contributed by atoms with E-state index < -0.39 is 23.9 Å². The Balaban J connectivity index is 0.000000983. The van der Waals surface area contributed by atoms with Crippen LogP contribution in [0.1, 0.15) is 37.9 Å². The van der Waals surface area contributed by atoms with Gasteiger partial charge in [-0.2, -0.15) is 0 Å². The van der Waals surface area contributed by atoms with Crippen LogP contribution >= 0.6 is 11.3 Å². The number of thiazole rings is 1. The second kappa shape index (κ2) is 12.7. The van der Waals surface area contributed by atoms with E-state index in [1.54, 1.807) is 49.4 Å². The Morgan fingerprint density at radius 1 is 1.13 bits per heavy atom. The number of esters is 2. The zero-order valence-corrected chi connectivity index (χ0v) is 22.2. The molecule has 0 bridgehead atoms. The van der Waals surface area contributed by atoms with E-state index in [1.807, 2.05) is 0 Å². The lowest BCUT2D eigenvalue weighted by Crippen LogP contribution is -2.39. The normalized spacial score (nSPS) is 14.4. The van der Waals surface area contributed by atoms with Crippen LogP contribution in [0.5, 0.6) is 5.75 Å². The summed E-state index contributed by atoms with van der Waals surface area (Å²) in [6, 6.07) is 11.5. The van der Waals surface area contributed by atoms with Crippen LogP contribution in [0.4, 0.5) is 4.39 Å². The van der Waals surface area contributed by atoms with Crippen molar-refractivity contribution in [2.75, 3.05) is 6.61 Å². The summed E-state index contributed by atoms with van der Waals surface area (Å²) in [6.07, 6.45) is 3.10. The van der Waals surface area contributed by atoms with Gasteiger partial charge < -0.3 is 14.6 Å². The zero-order valence-electron chi connectivity index (χ0n) is 21.3. The number of carboxylic acids is 1. The van der Waals surface area contributed by atoms with Crippen molar-refractivity contribution < 1.29 is 33.4 Å². The molecule has 1 aromatic heterocycles. The standard InChI is InChI=1S/C26H21FN2O5S.C2H4O2/c1-4-13-33-25(32)22-15(2)28-26-29(23(22)18-7-11-20(12-8-18)34-16(3)30)24(31)21(35-26)14-17-5-9-19(27)10-6-17;1-2(3)4/h4-12,14,23H,1,13H2,2-3H3;1H3,(H,3,4)/b21-14+;. The van der Waals surface area contributed by atoms with Crippen LogP contribution in [-0.4, -0.2) is 34.2 Å². The van der Waals surface area contributed by atoms with E-state index in [9.17, 15) is 18.8 Å². The molecule has 2 heterocycles. The van der Waals surface area contributed by atoms with E-state index in [0.29, 0.717) is 31.9 Å². The number of halogens is 1. The maximum Gasteiger partial charge on any atom is 0.338 e. The Hall–Kier alpha value is -4.64. The lowest BCUT2D eigenvalue weighted by Gasteiger charge is -2.24. The first-order valence-corrected chi connectivity index (χ1v) is 12.4. The number of rotatable bonds is 6. The summed E-state index contributed by atoms with van der Waals surface area (Å²) in [5, 5.41) is 7.42. The number of aromatic nitrogens is 1. The van der Waals surface area contributed by atoms with Crippen molar-refractivity contribution in [3.05, 3.63) is 109 Å². The molecule has 1 unspecified atom stereocenters. The van der Waals surface area contributed by atoms with E-state index in [4.69, 9.17) is 19.4 Å². The summed E-state index contributed by atoms with van der Waals surface area (Å²) in [6.45, 7) is 7.63. The number of aliphatic carboxylic acids is 1. The molecule has 1 aliphatic heterocycles. The van der Waals surface area contributed by atoms with Gasteiger partial charge in [0.2, 0.25) is 0 Å². The summed E-state index contributed by atoms with van der Waals surface area (Å²) in [5.41, 5.74) is 1.54. The van der Waals surface area contributed by atoms with Crippen LogP contribution < -0.4 is 19.6 Å². The van der Waals surface area contributed by atoms with Gasteiger partial charge in [-0.05, 0) is 48.4 Å². The molecule has 1 N–H and O–H groups in total. The lowest BCUT2D eigenvalue weighted by atomic mass is 9.96. The third-order valence-corrected chi connectivity index (χ3v) is 6.18. The van der Waals surface area contributed by atoms with Crippen LogP contribution in [-0.2, 0) is 19.1 Å². The van der Waals surface area contributed by atoms with Crippen molar-refractivity contribution in [2.45, 2.75) is 26.8 Å². The fraction of sp³-hybridized carbons (Fsp3) is 0.179. The summed E-state index contributed by atoms with van der Waals surface area (Å²) in [5.74, 6) is -1.95. The number of hydrogen-bond acceptors (Lipinski definition) is 8. The molecule has 3 aromatic rings. The summed E-state index contributed by atoms with van der Waals surface area (Å²) >= 11 is 1.17.